The Morgan fingerprint density at radius 3 is 2.53 bits per heavy atom. The van der Waals surface area contributed by atoms with Crippen LogP contribution in [0, 0.1) is 6.92 Å². The smallest absolute Gasteiger partial charge is 0.289 e. The molecule has 1 saturated heterocycles. The van der Waals surface area contributed by atoms with Crippen molar-refractivity contribution in [1.82, 2.24) is 9.80 Å². The normalized spacial score (nSPS) is 17.6. The summed E-state index contributed by atoms with van der Waals surface area (Å²) in [7, 11) is 0. The standard InChI is InChI=1S/C29H32N2O5/c1-3-27(32)31-13-12-21-8-9-23(18-25(21)28(31)22-6-4-20(2)5-7-22)35-19-24-10-11-26(36-24)29(33)30-14-16-34-17-15-30/h4-11,18,28H,3,12-17,19H2,1-2H3/t28-/m1/s1. The second-order valence-electron chi connectivity index (χ2n) is 9.32. The van der Waals surface area contributed by atoms with Crippen LogP contribution in [0.1, 0.15) is 58.0 Å². The minimum absolute atomic E-state index is 0.125. The first-order valence-electron chi connectivity index (χ1n) is 12.6. The van der Waals surface area contributed by atoms with E-state index in [0.717, 1.165) is 17.5 Å². The fourth-order valence-corrected chi connectivity index (χ4v) is 4.91. The van der Waals surface area contributed by atoms with Gasteiger partial charge in [0.2, 0.25) is 5.91 Å². The summed E-state index contributed by atoms with van der Waals surface area (Å²) in [5.74, 6) is 1.62. The Kier molecular flexibility index (Phi) is 7.09. The lowest BCUT2D eigenvalue weighted by Crippen LogP contribution is -2.40. The van der Waals surface area contributed by atoms with Gasteiger partial charge >= 0.3 is 0 Å². The third-order valence-electron chi connectivity index (χ3n) is 6.91. The maximum absolute atomic E-state index is 12.8. The number of furan rings is 1. The van der Waals surface area contributed by atoms with Crippen molar-refractivity contribution in [1.29, 1.82) is 0 Å². The number of carbonyl (C=O) groups excluding carboxylic acids is 2. The van der Waals surface area contributed by atoms with E-state index in [4.69, 9.17) is 13.9 Å². The Balaban J connectivity index is 1.34. The topological polar surface area (TPSA) is 72.2 Å². The second kappa shape index (κ2) is 10.6. The third-order valence-corrected chi connectivity index (χ3v) is 6.91. The van der Waals surface area contributed by atoms with E-state index in [1.807, 2.05) is 24.0 Å². The van der Waals surface area contributed by atoms with E-state index < -0.39 is 0 Å². The molecule has 0 spiro atoms. The average molecular weight is 489 g/mol. The number of ether oxygens (including phenoxy) is 2. The van der Waals surface area contributed by atoms with E-state index in [1.54, 1.807) is 17.0 Å². The predicted octanol–water partition coefficient (Wildman–Crippen LogP) is 4.52. The zero-order valence-electron chi connectivity index (χ0n) is 20.9. The highest BCUT2D eigenvalue weighted by molar-refractivity contribution is 5.91. The van der Waals surface area contributed by atoms with Gasteiger partial charge in [-0.25, -0.2) is 0 Å². The average Bonchev–Trinajstić information content (AvgIpc) is 3.40. The van der Waals surface area contributed by atoms with Crippen molar-refractivity contribution in [3.05, 3.63) is 88.4 Å². The molecule has 0 unspecified atom stereocenters. The molecule has 7 nitrogen and oxygen atoms in total. The summed E-state index contributed by atoms with van der Waals surface area (Å²) in [6, 6.07) is 17.8. The molecule has 0 saturated carbocycles. The largest absolute Gasteiger partial charge is 0.486 e. The molecule has 3 aromatic rings. The molecule has 1 atom stereocenters. The highest BCUT2D eigenvalue weighted by atomic mass is 16.5. The number of aryl methyl sites for hydroxylation is 1. The first-order valence-corrected chi connectivity index (χ1v) is 12.6. The molecule has 2 aromatic carbocycles. The van der Waals surface area contributed by atoms with Crippen LogP contribution in [0.15, 0.2) is 59.0 Å². The number of nitrogens with zero attached hydrogens (tertiary/aromatic N) is 2. The van der Waals surface area contributed by atoms with Crippen molar-refractivity contribution in [3.63, 3.8) is 0 Å². The molecular formula is C29H32N2O5. The fraction of sp³-hybridized carbons (Fsp3) is 0.379. The van der Waals surface area contributed by atoms with Crippen LogP contribution >= 0.6 is 0 Å². The predicted molar refractivity (Wildman–Crippen MR) is 135 cm³/mol. The molecule has 1 fully saturated rings. The van der Waals surface area contributed by atoms with Gasteiger partial charge in [-0.15, -0.1) is 0 Å². The molecule has 2 aliphatic rings. The van der Waals surface area contributed by atoms with Gasteiger partial charge < -0.3 is 23.7 Å². The fourth-order valence-electron chi connectivity index (χ4n) is 4.91. The Labute approximate surface area is 211 Å². The maximum atomic E-state index is 12.8. The van der Waals surface area contributed by atoms with Crippen LogP contribution in [-0.4, -0.2) is 54.5 Å². The number of rotatable bonds is 6. The van der Waals surface area contributed by atoms with Gasteiger partial charge in [0.1, 0.15) is 18.1 Å². The van der Waals surface area contributed by atoms with E-state index in [-0.39, 0.29) is 24.5 Å². The van der Waals surface area contributed by atoms with Crippen molar-refractivity contribution < 1.29 is 23.5 Å². The summed E-state index contributed by atoms with van der Waals surface area (Å²) in [5.41, 5.74) is 4.60. The molecule has 0 bridgehead atoms. The van der Waals surface area contributed by atoms with Crippen LogP contribution in [0.25, 0.3) is 0 Å². The number of fused-ring (bicyclic) bond motifs is 1. The Hall–Kier alpha value is -3.58. The van der Waals surface area contributed by atoms with Gasteiger partial charge in [-0.3, -0.25) is 9.59 Å². The van der Waals surface area contributed by atoms with Gasteiger partial charge in [-0.1, -0.05) is 42.8 Å². The molecule has 0 aliphatic carbocycles. The lowest BCUT2D eigenvalue weighted by molar-refractivity contribution is -0.132. The van der Waals surface area contributed by atoms with Crippen molar-refractivity contribution in [2.24, 2.45) is 0 Å². The third kappa shape index (κ3) is 5.02. The Morgan fingerprint density at radius 2 is 1.78 bits per heavy atom. The Bertz CT molecular complexity index is 1230. The molecule has 0 radical (unpaired) electrons. The highest BCUT2D eigenvalue weighted by Gasteiger charge is 2.31. The quantitative estimate of drug-likeness (QED) is 0.510. The highest BCUT2D eigenvalue weighted by Crippen LogP contribution is 2.37. The van der Waals surface area contributed by atoms with Gasteiger partial charge in [0.15, 0.2) is 5.76 Å². The molecule has 1 aromatic heterocycles. The van der Waals surface area contributed by atoms with Crippen LogP contribution in [0.5, 0.6) is 5.75 Å². The van der Waals surface area contributed by atoms with Crippen LogP contribution in [0.3, 0.4) is 0 Å². The van der Waals surface area contributed by atoms with E-state index in [1.165, 1.54) is 11.1 Å². The first kappa shape index (κ1) is 24.1. The zero-order valence-corrected chi connectivity index (χ0v) is 20.9. The first-order chi connectivity index (χ1) is 17.5. The number of carbonyl (C=O) groups is 2. The summed E-state index contributed by atoms with van der Waals surface area (Å²) in [4.78, 5) is 29.2. The monoisotopic (exact) mass is 488 g/mol. The summed E-state index contributed by atoms with van der Waals surface area (Å²) >= 11 is 0. The summed E-state index contributed by atoms with van der Waals surface area (Å²) in [5, 5.41) is 0. The van der Waals surface area contributed by atoms with Crippen LogP contribution in [0.2, 0.25) is 0 Å². The minimum Gasteiger partial charge on any atom is -0.486 e. The molecule has 188 valence electrons. The molecular weight excluding hydrogens is 456 g/mol. The minimum atomic E-state index is -0.147. The molecule has 5 rings (SSSR count). The van der Waals surface area contributed by atoms with E-state index >= 15 is 0 Å². The SMILES string of the molecule is CCC(=O)N1CCc2ccc(OCc3ccc(C(=O)N4CCOCC4)o3)cc2[C@H]1c1ccc(C)cc1. The second-order valence-corrected chi connectivity index (χ2v) is 9.32. The van der Waals surface area contributed by atoms with E-state index in [0.29, 0.717) is 56.5 Å². The van der Waals surface area contributed by atoms with Gasteiger partial charge in [-0.05, 0) is 54.3 Å². The number of hydrogen-bond donors (Lipinski definition) is 0. The maximum Gasteiger partial charge on any atom is 0.289 e. The van der Waals surface area contributed by atoms with Crippen molar-refractivity contribution in [3.8, 4) is 5.75 Å². The molecule has 2 aliphatic heterocycles. The molecule has 7 heteroatoms. The van der Waals surface area contributed by atoms with E-state index in [2.05, 4.69) is 37.3 Å². The molecule has 36 heavy (non-hydrogen) atoms. The Morgan fingerprint density at radius 1 is 1.00 bits per heavy atom. The number of morpholine rings is 1. The number of hydrogen-bond acceptors (Lipinski definition) is 5. The van der Waals surface area contributed by atoms with Crippen LogP contribution in [0.4, 0.5) is 0 Å². The van der Waals surface area contributed by atoms with Crippen LogP contribution in [-0.2, 0) is 22.6 Å². The van der Waals surface area contributed by atoms with Crippen molar-refractivity contribution >= 4 is 11.8 Å². The van der Waals surface area contributed by atoms with Crippen molar-refractivity contribution in [2.75, 3.05) is 32.8 Å². The number of benzene rings is 2. The molecule has 2 amide bonds. The van der Waals surface area contributed by atoms with Gasteiger partial charge in [0, 0.05) is 26.1 Å². The summed E-state index contributed by atoms with van der Waals surface area (Å²) < 4.78 is 17.2. The van der Waals surface area contributed by atoms with Crippen LogP contribution < -0.4 is 4.74 Å². The lowest BCUT2D eigenvalue weighted by atomic mass is 9.87. The summed E-state index contributed by atoms with van der Waals surface area (Å²) in [6.45, 7) is 7.11. The molecule has 3 heterocycles. The molecule has 0 N–H and O–H groups in total. The number of amides is 2. The lowest BCUT2D eigenvalue weighted by Gasteiger charge is -2.38. The summed E-state index contributed by atoms with van der Waals surface area (Å²) in [6.07, 6.45) is 1.28. The van der Waals surface area contributed by atoms with Crippen molar-refractivity contribution in [2.45, 2.75) is 39.3 Å². The van der Waals surface area contributed by atoms with Gasteiger partial charge in [0.05, 0.1) is 19.3 Å². The van der Waals surface area contributed by atoms with E-state index in [9.17, 15) is 9.59 Å². The zero-order chi connectivity index (χ0) is 25.1. The van der Waals surface area contributed by atoms with Gasteiger partial charge in [-0.2, -0.15) is 0 Å². The van der Waals surface area contributed by atoms with Gasteiger partial charge in [0.25, 0.3) is 5.91 Å².